The van der Waals surface area contributed by atoms with Gasteiger partial charge in [-0.3, -0.25) is 18.8 Å². The van der Waals surface area contributed by atoms with Crippen LogP contribution in [0.3, 0.4) is 0 Å². The number of aryl methyl sites for hydroxylation is 2. The summed E-state index contributed by atoms with van der Waals surface area (Å²) in [6, 6.07) is 0.528. The Hall–Kier alpha value is -1.89. The molecule has 0 saturated carbocycles. The van der Waals surface area contributed by atoms with Crippen molar-refractivity contribution in [3.05, 3.63) is 26.7 Å². The third-order valence-corrected chi connectivity index (χ3v) is 5.03. The average molecular weight is 319 g/mol. The number of imidazole rings is 1. The summed E-state index contributed by atoms with van der Waals surface area (Å²) in [7, 11) is 3.19. The molecule has 23 heavy (non-hydrogen) atoms. The van der Waals surface area contributed by atoms with Gasteiger partial charge in [0.05, 0.1) is 6.54 Å². The second-order valence-electron chi connectivity index (χ2n) is 6.47. The lowest BCUT2D eigenvalue weighted by Gasteiger charge is -2.32. The van der Waals surface area contributed by atoms with Gasteiger partial charge in [0.15, 0.2) is 11.2 Å². The van der Waals surface area contributed by atoms with Gasteiger partial charge in [-0.05, 0) is 33.2 Å². The molecule has 3 heterocycles. The molecule has 3 rings (SSSR count). The number of aromatic nitrogens is 4. The quantitative estimate of drug-likeness (QED) is 0.840. The highest BCUT2D eigenvalue weighted by molar-refractivity contribution is 5.71. The molecule has 0 spiro atoms. The van der Waals surface area contributed by atoms with E-state index in [4.69, 9.17) is 0 Å². The van der Waals surface area contributed by atoms with Crippen LogP contribution in [0.15, 0.2) is 9.59 Å². The van der Waals surface area contributed by atoms with Crippen LogP contribution in [0.5, 0.6) is 0 Å². The molecule has 1 saturated heterocycles. The first-order valence-corrected chi connectivity index (χ1v) is 8.34. The molecule has 0 N–H and O–H groups in total. The number of piperidine rings is 1. The smallest absolute Gasteiger partial charge is 0.321 e. The molecule has 7 heteroatoms. The predicted octanol–water partition coefficient (Wildman–Crippen LogP) is 0.828. The molecular formula is C16H25N5O2. The van der Waals surface area contributed by atoms with Crippen LogP contribution in [0.2, 0.25) is 0 Å². The fraction of sp³-hybridized carbons (Fsp3) is 0.688. The van der Waals surface area contributed by atoms with E-state index in [0.29, 0.717) is 23.8 Å². The van der Waals surface area contributed by atoms with Gasteiger partial charge in [0.25, 0.3) is 5.56 Å². The normalized spacial score (nSPS) is 19.6. The Labute approximate surface area is 135 Å². The summed E-state index contributed by atoms with van der Waals surface area (Å²) in [6.45, 7) is 6.70. The number of hydrogen-bond acceptors (Lipinski definition) is 4. The molecule has 2 aromatic heterocycles. The first-order valence-electron chi connectivity index (χ1n) is 8.34. The predicted molar refractivity (Wildman–Crippen MR) is 89.6 cm³/mol. The molecule has 1 fully saturated rings. The maximum Gasteiger partial charge on any atom is 0.332 e. The van der Waals surface area contributed by atoms with Gasteiger partial charge in [0.2, 0.25) is 0 Å². The van der Waals surface area contributed by atoms with Crippen molar-refractivity contribution in [1.29, 1.82) is 0 Å². The fourth-order valence-electron chi connectivity index (χ4n) is 3.53. The molecule has 0 aliphatic carbocycles. The molecule has 0 bridgehead atoms. The number of nitrogens with zero attached hydrogens (tertiary/aromatic N) is 5. The zero-order valence-electron chi connectivity index (χ0n) is 14.4. The summed E-state index contributed by atoms with van der Waals surface area (Å²) in [6.07, 6.45) is 3.68. The van der Waals surface area contributed by atoms with Gasteiger partial charge in [-0.1, -0.05) is 6.42 Å². The van der Waals surface area contributed by atoms with Crippen molar-refractivity contribution in [2.45, 2.75) is 52.2 Å². The van der Waals surface area contributed by atoms with Crippen molar-refractivity contribution >= 4 is 11.2 Å². The number of rotatable bonds is 3. The number of fused-ring (bicyclic) bond motifs is 1. The molecule has 1 aliphatic heterocycles. The number of likely N-dealkylation sites (tertiary alicyclic amines) is 1. The van der Waals surface area contributed by atoms with E-state index < -0.39 is 0 Å². The number of hydrogen-bond donors (Lipinski definition) is 0. The minimum absolute atomic E-state index is 0.268. The largest absolute Gasteiger partial charge is 0.332 e. The highest BCUT2D eigenvalue weighted by Crippen LogP contribution is 2.20. The van der Waals surface area contributed by atoms with Crippen LogP contribution in [0.4, 0.5) is 0 Å². The van der Waals surface area contributed by atoms with Crippen molar-refractivity contribution in [2.24, 2.45) is 14.1 Å². The van der Waals surface area contributed by atoms with Crippen LogP contribution < -0.4 is 11.2 Å². The third-order valence-electron chi connectivity index (χ3n) is 5.03. The Morgan fingerprint density at radius 1 is 1.17 bits per heavy atom. The van der Waals surface area contributed by atoms with E-state index in [9.17, 15) is 9.59 Å². The van der Waals surface area contributed by atoms with Crippen molar-refractivity contribution < 1.29 is 0 Å². The highest BCUT2D eigenvalue weighted by atomic mass is 16.2. The lowest BCUT2D eigenvalue weighted by Crippen LogP contribution is -2.38. The van der Waals surface area contributed by atoms with Crippen molar-refractivity contribution in [2.75, 3.05) is 6.54 Å². The minimum Gasteiger partial charge on any atom is -0.321 e. The van der Waals surface area contributed by atoms with E-state index in [1.165, 1.54) is 30.9 Å². The maximum absolute atomic E-state index is 12.5. The summed E-state index contributed by atoms with van der Waals surface area (Å²) in [4.78, 5) is 31.7. The van der Waals surface area contributed by atoms with E-state index in [0.717, 1.165) is 23.5 Å². The van der Waals surface area contributed by atoms with Crippen LogP contribution in [0.1, 0.15) is 38.9 Å². The fourth-order valence-corrected chi connectivity index (χ4v) is 3.53. The van der Waals surface area contributed by atoms with E-state index in [-0.39, 0.29) is 11.2 Å². The Balaban J connectivity index is 2.15. The lowest BCUT2D eigenvalue weighted by molar-refractivity contribution is 0.147. The molecular weight excluding hydrogens is 294 g/mol. The Bertz CT molecular complexity index is 845. The molecule has 0 amide bonds. The second kappa shape index (κ2) is 5.96. The van der Waals surface area contributed by atoms with Crippen LogP contribution >= 0.6 is 0 Å². The van der Waals surface area contributed by atoms with Gasteiger partial charge in [-0.2, -0.15) is 0 Å². The second-order valence-corrected chi connectivity index (χ2v) is 6.47. The van der Waals surface area contributed by atoms with Gasteiger partial charge in [-0.25, -0.2) is 9.78 Å². The summed E-state index contributed by atoms with van der Waals surface area (Å²) in [5.74, 6) is 0.870. The van der Waals surface area contributed by atoms with Crippen LogP contribution in [0.25, 0.3) is 11.2 Å². The molecule has 126 valence electrons. The van der Waals surface area contributed by atoms with Crippen LogP contribution in [-0.4, -0.2) is 36.2 Å². The average Bonchev–Trinajstić information content (AvgIpc) is 2.91. The van der Waals surface area contributed by atoms with E-state index >= 15 is 0 Å². The zero-order chi connectivity index (χ0) is 16.7. The molecule has 0 unspecified atom stereocenters. The van der Waals surface area contributed by atoms with Crippen LogP contribution in [-0.2, 0) is 27.2 Å². The summed E-state index contributed by atoms with van der Waals surface area (Å²) in [5.41, 5.74) is 0.410. The molecule has 7 nitrogen and oxygen atoms in total. The summed E-state index contributed by atoms with van der Waals surface area (Å²) >= 11 is 0. The maximum atomic E-state index is 12.5. The molecule has 0 radical (unpaired) electrons. The van der Waals surface area contributed by atoms with Gasteiger partial charge in [0.1, 0.15) is 5.82 Å². The van der Waals surface area contributed by atoms with Gasteiger partial charge >= 0.3 is 5.69 Å². The Morgan fingerprint density at radius 3 is 2.57 bits per heavy atom. The van der Waals surface area contributed by atoms with Crippen LogP contribution in [0, 0.1) is 0 Å². The monoisotopic (exact) mass is 319 g/mol. The topological polar surface area (TPSA) is 65.1 Å². The lowest BCUT2D eigenvalue weighted by atomic mass is 10.0. The van der Waals surface area contributed by atoms with Gasteiger partial charge < -0.3 is 4.57 Å². The Kier molecular flexibility index (Phi) is 4.14. The third kappa shape index (κ3) is 2.52. The standard InChI is InChI=1S/C16H25N5O2/c1-5-21-12(10-20-9-7-6-8-11(20)2)17-14-13(21)15(22)19(4)16(23)18(14)3/h11H,5-10H2,1-4H3/t11-/m0/s1. The van der Waals surface area contributed by atoms with Crippen molar-refractivity contribution in [3.8, 4) is 0 Å². The highest BCUT2D eigenvalue weighted by Gasteiger charge is 2.23. The molecule has 0 aromatic carbocycles. The summed E-state index contributed by atoms with van der Waals surface area (Å²) in [5, 5.41) is 0. The molecule has 1 atom stereocenters. The van der Waals surface area contributed by atoms with Crippen molar-refractivity contribution in [1.82, 2.24) is 23.6 Å². The summed E-state index contributed by atoms with van der Waals surface area (Å²) < 4.78 is 4.58. The zero-order valence-corrected chi connectivity index (χ0v) is 14.4. The van der Waals surface area contributed by atoms with E-state index in [2.05, 4.69) is 16.8 Å². The molecule has 2 aromatic rings. The Morgan fingerprint density at radius 2 is 1.91 bits per heavy atom. The van der Waals surface area contributed by atoms with Gasteiger partial charge in [0, 0.05) is 26.7 Å². The minimum atomic E-state index is -0.332. The van der Waals surface area contributed by atoms with E-state index in [1.807, 2.05) is 11.5 Å². The van der Waals surface area contributed by atoms with E-state index in [1.54, 1.807) is 7.05 Å². The van der Waals surface area contributed by atoms with Gasteiger partial charge in [-0.15, -0.1) is 0 Å². The molecule has 1 aliphatic rings. The van der Waals surface area contributed by atoms with Crippen molar-refractivity contribution in [3.63, 3.8) is 0 Å². The SMILES string of the molecule is CCn1c(CN2CCCC[C@@H]2C)nc2c1c(=O)n(C)c(=O)n2C. The first-order chi connectivity index (χ1) is 11.0. The first kappa shape index (κ1) is 16.0.